The Bertz CT molecular complexity index is 2010. The molecule has 0 aliphatic rings. The van der Waals surface area contributed by atoms with Crippen LogP contribution in [0.15, 0.2) is 71.4 Å². The van der Waals surface area contributed by atoms with Crippen LogP contribution in [0.4, 0.5) is 0 Å². The maximum atomic E-state index is 8.52. The monoisotopic (exact) mass is 863 g/mol. The van der Waals surface area contributed by atoms with Crippen LogP contribution in [-0.4, -0.2) is 84.2 Å². The largest absolute Gasteiger partial charge is 0.496 e. The molecule has 0 aliphatic carbocycles. The first-order valence-corrected chi connectivity index (χ1v) is 18.9. The molecule has 0 saturated carbocycles. The highest BCUT2D eigenvalue weighted by molar-refractivity contribution is 9.08. The molecule has 5 aromatic heterocycles. The Morgan fingerprint density at radius 3 is 1.45 bits per heavy atom. The molecule has 0 radical (unpaired) electrons. The van der Waals surface area contributed by atoms with Crippen LogP contribution in [0.2, 0.25) is 0 Å². The van der Waals surface area contributed by atoms with E-state index in [1.54, 1.807) is 86.4 Å². The van der Waals surface area contributed by atoms with Crippen LogP contribution in [0.1, 0.15) is 64.4 Å². The van der Waals surface area contributed by atoms with Crippen molar-refractivity contribution in [1.82, 2.24) is 24.9 Å². The first-order chi connectivity index (χ1) is 27.8. The molecule has 1 N–H and O–H groups in total. The molecule has 15 nitrogen and oxygen atoms in total. The van der Waals surface area contributed by atoms with Crippen molar-refractivity contribution in [1.29, 1.82) is 0 Å². The average Bonchev–Trinajstić information content (AvgIpc) is 3.22. The van der Waals surface area contributed by atoms with Crippen LogP contribution >= 0.6 is 15.9 Å². The second kappa shape index (κ2) is 25.3. The number of alkyl halides is 1. The lowest BCUT2D eigenvalue weighted by atomic mass is 10.2. The van der Waals surface area contributed by atoms with Gasteiger partial charge in [0.05, 0.1) is 70.7 Å². The lowest BCUT2D eigenvalue weighted by Gasteiger charge is -2.11. The minimum absolute atomic E-state index is 0.197. The molecule has 16 heteroatoms. The zero-order valence-electron chi connectivity index (χ0n) is 35.5. The average molecular weight is 865 g/mol. The van der Waals surface area contributed by atoms with Gasteiger partial charge in [0, 0.05) is 35.3 Å². The summed E-state index contributed by atoms with van der Waals surface area (Å²) in [4.78, 5) is 26.3. The summed E-state index contributed by atoms with van der Waals surface area (Å²) in [6, 6.07) is 13.2. The number of halogens is 1. The van der Waals surface area contributed by atoms with Gasteiger partial charge in [0.25, 0.3) is 0 Å². The molecule has 0 aromatic carbocycles. The predicted molar refractivity (Wildman–Crippen MR) is 228 cm³/mol. The Hall–Kier alpha value is -6.03. The van der Waals surface area contributed by atoms with Gasteiger partial charge in [-0.05, 0) is 102 Å². The van der Waals surface area contributed by atoms with Gasteiger partial charge in [0.15, 0.2) is 6.61 Å². The molecule has 5 aromatic rings. The van der Waals surface area contributed by atoms with Gasteiger partial charge in [0.1, 0.15) is 28.7 Å². The molecule has 5 rings (SSSR count). The molecular weight excluding hydrogens is 810 g/mol. The van der Waals surface area contributed by atoms with Gasteiger partial charge in [0.2, 0.25) is 17.6 Å². The molecule has 0 fully saturated rings. The summed E-state index contributed by atoms with van der Waals surface area (Å²) in [6.07, 6.45) is 4.93. The maximum absolute atomic E-state index is 8.52. The Morgan fingerprint density at radius 2 is 1.02 bits per heavy atom. The third-order valence-corrected chi connectivity index (χ3v) is 8.49. The maximum Gasteiger partial charge on any atom is 0.223 e. The second-order valence-electron chi connectivity index (χ2n) is 12.3. The number of hydrogen-bond acceptors (Lipinski definition) is 15. The summed E-state index contributed by atoms with van der Waals surface area (Å²) in [5, 5.41) is 16.4. The van der Waals surface area contributed by atoms with Crippen LogP contribution in [0.3, 0.4) is 0 Å². The highest BCUT2D eigenvalue weighted by Crippen LogP contribution is 2.28. The van der Waals surface area contributed by atoms with Crippen LogP contribution in [0, 0.1) is 34.6 Å². The summed E-state index contributed by atoms with van der Waals surface area (Å²) < 4.78 is 30.8. The molecule has 312 valence electrons. The minimum Gasteiger partial charge on any atom is -0.496 e. The zero-order valence-corrected chi connectivity index (χ0v) is 37.1. The molecule has 0 aliphatic heterocycles. The van der Waals surface area contributed by atoms with E-state index in [0.29, 0.717) is 45.7 Å². The summed E-state index contributed by atoms with van der Waals surface area (Å²) in [6.45, 7) is 13.6. The van der Waals surface area contributed by atoms with Crippen molar-refractivity contribution in [2.24, 2.45) is 10.3 Å². The lowest BCUT2D eigenvalue weighted by molar-refractivity contribution is 0.125. The van der Waals surface area contributed by atoms with Crippen LogP contribution in [0.25, 0.3) is 0 Å². The number of pyridine rings is 5. The van der Waals surface area contributed by atoms with Crippen molar-refractivity contribution in [2.75, 3.05) is 42.7 Å². The van der Waals surface area contributed by atoms with Crippen molar-refractivity contribution < 1.29 is 38.5 Å². The van der Waals surface area contributed by atoms with Gasteiger partial charge in [-0.2, -0.15) is 0 Å². The molecule has 0 amide bonds. The highest BCUT2D eigenvalue weighted by Gasteiger charge is 2.13. The zero-order chi connectivity index (χ0) is 43.2. The van der Waals surface area contributed by atoms with E-state index in [-0.39, 0.29) is 6.61 Å². The molecule has 0 saturated heterocycles. The number of rotatable bonds is 12. The first kappa shape index (κ1) is 48.1. The molecule has 0 atom stereocenters. The molecule has 0 spiro atoms. The van der Waals surface area contributed by atoms with E-state index in [4.69, 9.17) is 38.5 Å². The second-order valence-corrected chi connectivity index (χ2v) is 12.8. The summed E-state index contributed by atoms with van der Waals surface area (Å²) >= 11 is 3.34. The number of methoxy groups -OCH3 is 6. The van der Waals surface area contributed by atoms with E-state index >= 15 is 0 Å². The van der Waals surface area contributed by atoms with E-state index in [1.807, 2.05) is 65.8 Å². The van der Waals surface area contributed by atoms with Gasteiger partial charge < -0.3 is 38.5 Å². The van der Waals surface area contributed by atoms with Gasteiger partial charge in [-0.3, -0.25) is 9.97 Å². The summed E-state index contributed by atoms with van der Waals surface area (Å²) in [5.41, 5.74) is 9.50. The lowest BCUT2D eigenvalue weighted by Crippen LogP contribution is -2.03. The van der Waals surface area contributed by atoms with Crippen LogP contribution in [-0.2, 0) is 16.8 Å². The Morgan fingerprint density at radius 1 is 0.586 bits per heavy atom. The third-order valence-electron chi connectivity index (χ3n) is 7.93. The Kier molecular flexibility index (Phi) is 21.0. The van der Waals surface area contributed by atoms with Gasteiger partial charge in [-0.1, -0.05) is 26.2 Å². The molecule has 0 unspecified atom stereocenters. The van der Waals surface area contributed by atoms with E-state index in [0.717, 1.165) is 56.5 Å². The quantitative estimate of drug-likeness (QED) is 0.0549. The molecular formula is C42H54BrN7O8. The van der Waals surface area contributed by atoms with Crippen molar-refractivity contribution >= 4 is 27.4 Å². The van der Waals surface area contributed by atoms with Crippen molar-refractivity contribution in [3.8, 4) is 34.9 Å². The summed E-state index contributed by atoms with van der Waals surface area (Å²) in [7, 11) is 9.58. The smallest absolute Gasteiger partial charge is 0.223 e. The number of ether oxygens (including phenoxy) is 6. The predicted octanol–water partition coefficient (Wildman–Crippen LogP) is 8.35. The molecule has 0 bridgehead atoms. The number of hydrogen-bond donors (Lipinski definition) is 1. The van der Waals surface area contributed by atoms with E-state index in [2.05, 4.69) is 51.2 Å². The fraction of sp³-hybridized carbons (Fsp3) is 0.357. The van der Waals surface area contributed by atoms with E-state index in [9.17, 15) is 0 Å². The van der Waals surface area contributed by atoms with Gasteiger partial charge in [-0.25, -0.2) is 15.0 Å². The number of nitrogens with zero attached hydrogens (tertiary/aromatic N) is 7. The Balaban J connectivity index is 0.000000283. The third kappa shape index (κ3) is 14.8. The first-order valence-electron chi connectivity index (χ1n) is 17.8. The molecule has 58 heavy (non-hydrogen) atoms. The Labute approximate surface area is 349 Å². The van der Waals surface area contributed by atoms with Crippen LogP contribution in [0.5, 0.6) is 34.9 Å². The van der Waals surface area contributed by atoms with Gasteiger partial charge in [-0.15, -0.1) is 0 Å². The fourth-order valence-corrected chi connectivity index (χ4v) is 5.69. The van der Waals surface area contributed by atoms with E-state index in [1.165, 1.54) is 0 Å². The van der Waals surface area contributed by atoms with Crippen molar-refractivity contribution in [3.63, 3.8) is 0 Å². The normalized spacial score (nSPS) is 10.7. The topological polar surface area (TPSA) is 174 Å². The number of oxime groups is 2. The standard InChI is InChI=1S/C17H21N3O3.C9H12N2O.C8H10BrNO2.C8H11NO2/c1-11-8-12(2)19-15(9-11)13(3)20-23-10-14-16(21-4)6-7-18-17(14)22-5;1-6-4-7(2)10-9(5-6)8(3)11-12;1-11-7-3-4-10-8(12-2)6(7)5-9;1-6-7(10-2)4-5-9-8(6)11-3/h6-9H,10H2,1-5H3;4-5,12H,1-3H3;3-4H,5H2,1-2H3;4-5H,1-3H3/b20-13+;11-8+;;. The van der Waals surface area contributed by atoms with Gasteiger partial charge >= 0.3 is 0 Å². The number of aryl methyl sites for hydroxylation is 4. The summed E-state index contributed by atoms with van der Waals surface area (Å²) in [5.74, 6) is 3.92. The minimum atomic E-state index is 0.197. The molecule has 5 heterocycles. The van der Waals surface area contributed by atoms with Crippen LogP contribution < -0.4 is 28.4 Å². The SMILES string of the molecule is C/C(=N\O)c1cc(C)cc(C)n1.COc1ccnc(OC)c1C.COc1ccnc(OC)c1CBr.COc1ccnc(OC)c1CO/N=C(\C)c1cc(C)cc(C)n1. The van der Waals surface area contributed by atoms with E-state index < -0.39 is 0 Å². The fourth-order valence-electron chi connectivity index (χ4n) is 5.18. The van der Waals surface area contributed by atoms with Crippen molar-refractivity contribution in [2.45, 2.75) is 60.4 Å². The van der Waals surface area contributed by atoms with Crippen molar-refractivity contribution in [3.05, 3.63) is 112 Å². The number of aromatic nitrogens is 5. The highest BCUT2D eigenvalue weighted by atomic mass is 79.9.